The van der Waals surface area contributed by atoms with Crippen LogP contribution < -0.4 is 4.90 Å². The number of nitrogens with zero attached hydrogens (tertiary/aromatic N) is 6. The van der Waals surface area contributed by atoms with Crippen molar-refractivity contribution in [3.63, 3.8) is 0 Å². The van der Waals surface area contributed by atoms with Crippen molar-refractivity contribution in [3.05, 3.63) is 41.6 Å². The average Bonchev–Trinajstić information content (AvgIpc) is 2.68. The van der Waals surface area contributed by atoms with Crippen LogP contribution in [0.1, 0.15) is 34.6 Å². The van der Waals surface area contributed by atoms with E-state index in [0.717, 1.165) is 37.4 Å². The quantitative estimate of drug-likeness (QED) is 0.824. The molecule has 1 fully saturated rings. The van der Waals surface area contributed by atoms with Crippen LogP contribution in [0.15, 0.2) is 24.7 Å². The second kappa shape index (κ2) is 6.51. The van der Waals surface area contributed by atoms with Crippen LogP contribution >= 0.6 is 0 Å². The van der Waals surface area contributed by atoms with E-state index in [-0.39, 0.29) is 5.91 Å². The van der Waals surface area contributed by atoms with Crippen LogP contribution in [-0.2, 0) is 12.8 Å². The monoisotopic (exact) mass is 324 g/mol. The third kappa shape index (κ3) is 2.93. The number of aromatic nitrogens is 4. The molecule has 1 aliphatic carbocycles. The van der Waals surface area contributed by atoms with Crippen molar-refractivity contribution in [2.75, 3.05) is 31.1 Å². The molecule has 0 saturated carbocycles. The minimum absolute atomic E-state index is 0.0562. The Morgan fingerprint density at radius 1 is 1.00 bits per heavy atom. The van der Waals surface area contributed by atoms with Crippen LogP contribution in [0.4, 0.5) is 5.82 Å². The molecule has 0 unspecified atom stereocenters. The molecule has 7 heteroatoms. The Morgan fingerprint density at radius 2 is 1.83 bits per heavy atom. The Labute approximate surface area is 140 Å². The normalized spacial score (nSPS) is 17.5. The molecule has 3 heterocycles. The highest BCUT2D eigenvalue weighted by atomic mass is 16.2. The molecule has 2 aliphatic rings. The summed E-state index contributed by atoms with van der Waals surface area (Å²) in [6, 6.07) is 2.18. The average molecular weight is 324 g/mol. The summed E-state index contributed by atoms with van der Waals surface area (Å²) in [6.07, 6.45) is 9.23. The molecule has 0 bridgehead atoms. The number of carbonyl (C=O) groups excluding carboxylic acids is 1. The van der Waals surface area contributed by atoms with Gasteiger partial charge in [0.2, 0.25) is 0 Å². The van der Waals surface area contributed by atoms with Crippen LogP contribution in [0.25, 0.3) is 0 Å². The minimum atomic E-state index is -0.0562. The van der Waals surface area contributed by atoms with Gasteiger partial charge in [-0.2, -0.15) is 5.10 Å². The van der Waals surface area contributed by atoms with Crippen molar-refractivity contribution >= 4 is 11.7 Å². The van der Waals surface area contributed by atoms with Crippen LogP contribution in [0.2, 0.25) is 0 Å². The summed E-state index contributed by atoms with van der Waals surface area (Å²) in [6.45, 7) is 2.85. The third-order valence-electron chi connectivity index (χ3n) is 4.73. The Hall–Kier alpha value is -2.57. The lowest BCUT2D eigenvalue weighted by atomic mass is 9.97. The van der Waals surface area contributed by atoms with Crippen LogP contribution in [-0.4, -0.2) is 57.2 Å². The number of aryl methyl sites for hydroxylation is 2. The maximum Gasteiger partial charge on any atom is 0.274 e. The molecule has 124 valence electrons. The Kier molecular flexibility index (Phi) is 4.06. The topological polar surface area (TPSA) is 75.1 Å². The highest BCUT2D eigenvalue weighted by Gasteiger charge is 2.24. The summed E-state index contributed by atoms with van der Waals surface area (Å²) in [4.78, 5) is 24.5. The fraction of sp³-hybridized carbons (Fsp3) is 0.471. The van der Waals surface area contributed by atoms with Gasteiger partial charge in [-0.15, -0.1) is 5.10 Å². The molecule has 0 radical (unpaired) electrons. The number of piperazine rings is 1. The van der Waals surface area contributed by atoms with E-state index in [1.165, 1.54) is 24.6 Å². The summed E-state index contributed by atoms with van der Waals surface area (Å²) in [7, 11) is 0. The summed E-state index contributed by atoms with van der Waals surface area (Å²) < 4.78 is 0. The molecular formula is C17H20N6O. The lowest BCUT2D eigenvalue weighted by molar-refractivity contribution is 0.0740. The van der Waals surface area contributed by atoms with Crippen LogP contribution in [0.3, 0.4) is 0 Å². The van der Waals surface area contributed by atoms with E-state index >= 15 is 0 Å². The van der Waals surface area contributed by atoms with Crippen molar-refractivity contribution < 1.29 is 4.79 Å². The molecule has 1 amide bonds. The van der Waals surface area contributed by atoms with E-state index in [2.05, 4.69) is 31.1 Å². The molecule has 1 saturated heterocycles. The predicted molar refractivity (Wildman–Crippen MR) is 88.8 cm³/mol. The molecule has 2 aromatic heterocycles. The highest BCUT2D eigenvalue weighted by Crippen LogP contribution is 2.23. The molecule has 0 N–H and O–H groups in total. The maximum atomic E-state index is 12.4. The zero-order chi connectivity index (χ0) is 16.4. The maximum absolute atomic E-state index is 12.4. The number of carbonyl (C=O) groups is 1. The van der Waals surface area contributed by atoms with Gasteiger partial charge in [-0.25, -0.2) is 4.98 Å². The number of hydrogen-bond acceptors (Lipinski definition) is 6. The van der Waals surface area contributed by atoms with Gasteiger partial charge in [0, 0.05) is 38.6 Å². The second-order valence-electron chi connectivity index (χ2n) is 6.25. The first-order valence-electron chi connectivity index (χ1n) is 8.47. The smallest absolute Gasteiger partial charge is 0.274 e. The number of amides is 1. The summed E-state index contributed by atoms with van der Waals surface area (Å²) in [5, 5.41) is 8.80. The van der Waals surface area contributed by atoms with Gasteiger partial charge < -0.3 is 9.80 Å². The van der Waals surface area contributed by atoms with Crippen molar-refractivity contribution in [3.8, 4) is 0 Å². The lowest BCUT2D eigenvalue weighted by Gasteiger charge is -2.35. The number of rotatable bonds is 2. The fourth-order valence-electron chi connectivity index (χ4n) is 3.34. The largest absolute Gasteiger partial charge is 0.352 e. The molecule has 24 heavy (non-hydrogen) atoms. The van der Waals surface area contributed by atoms with Crippen molar-refractivity contribution in [1.29, 1.82) is 0 Å². The van der Waals surface area contributed by atoms with E-state index in [4.69, 9.17) is 0 Å². The molecule has 4 rings (SSSR count). The first-order valence-corrected chi connectivity index (χ1v) is 8.47. The molecule has 0 aromatic carbocycles. The Bertz CT molecular complexity index is 727. The van der Waals surface area contributed by atoms with Gasteiger partial charge >= 0.3 is 0 Å². The Morgan fingerprint density at radius 3 is 2.62 bits per heavy atom. The zero-order valence-electron chi connectivity index (χ0n) is 13.6. The van der Waals surface area contributed by atoms with E-state index in [0.29, 0.717) is 18.8 Å². The molecule has 1 aliphatic heterocycles. The lowest BCUT2D eigenvalue weighted by Crippen LogP contribution is -2.49. The van der Waals surface area contributed by atoms with Crippen molar-refractivity contribution in [2.45, 2.75) is 25.7 Å². The van der Waals surface area contributed by atoms with E-state index in [1.54, 1.807) is 12.4 Å². The van der Waals surface area contributed by atoms with Crippen LogP contribution in [0, 0.1) is 0 Å². The predicted octanol–water partition coefficient (Wildman–Crippen LogP) is 1.11. The number of hydrogen-bond donors (Lipinski definition) is 0. The van der Waals surface area contributed by atoms with Crippen LogP contribution in [0.5, 0.6) is 0 Å². The first-order chi connectivity index (χ1) is 11.8. The third-order valence-corrected chi connectivity index (χ3v) is 4.73. The van der Waals surface area contributed by atoms with Gasteiger partial charge in [-0.1, -0.05) is 0 Å². The molecule has 0 spiro atoms. The number of fused-ring (bicyclic) bond motifs is 1. The molecular weight excluding hydrogens is 304 g/mol. The van der Waals surface area contributed by atoms with Crippen molar-refractivity contribution in [1.82, 2.24) is 25.1 Å². The fourth-order valence-corrected chi connectivity index (χ4v) is 3.34. The number of anilines is 1. The first kappa shape index (κ1) is 15.0. The summed E-state index contributed by atoms with van der Waals surface area (Å²) >= 11 is 0. The molecule has 7 nitrogen and oxygen atoms in total. The zero-order valence-corrected chi connectivity index (χ0v) is 13.6. The Balaban J connectivity index is 1.42. The van der Waals surface area contributed by atoms with Gasteiger partial charge in [-0.05, 0) is 37.3 Å². The van der Waals surface area contributed by atoms with E-state index < -0.39 is 0 Å². The summed E-state index contributed by atoms with van der Waals surface area (Å²) in [5.41, 5.74) is 2.89. The van der Waals surface area contributed by atoms with Gasteiger partial charge in [0.25, 0.3) is 5.91 Å². The standard InChI is InChI=1S/C17H20N6O/c24-17(15-12-18-5-6-19-15)23-9-7-22(8-10-23)16-11-13-3-1-2-4-14(13)20-21-16/h5-6,11-12H,1-4,7-10H2. The van der Waals surface area contributed by atoms with E-state index in [1.807, 2.05) is 4.90 Å². The molecule has 2 aromatic rings. The van der Waals surface area contributed by atoms with Gasteiger partial charge in [0.05, 0.1) is 11.9 Å². The van der Waals surface area contributed by atoms with Gasteiger partial charge in [-0.3, -0.25) is 9.78 Å². The van der Waals surface area contributed by atoms with E-state index in [9.17, 15) is 4.79 Å². The summed E-state index contributed by atoms with van der Waals surface area (Å²) in [5.74, 6) is 0.876. The second-order valence-corrected chi connectivity index (χ2v) is 6.25. The SMILES string of the molecule is O=C(c1cnccn1)N1CCN(c2cc3c(nn2)CCCC3)CC1. The highest BCUT2D eigenvalue weighted by molar-refractivity contribution is 5.92. The minimum Gasteiger partial charge on any atom is -0.352 e. The van der Waals surface area contributed by atoms with Gasteiger partial charge in [0.15, 0.2) is 5.82 Å². The molecule has 0 atom stereocenters. The van der Waals surface area contributed by atoms with Gasteiger partial charge in [0.1, 0.15) is 5.69 Å². The van der Waals surface area contributed by atoms with Crippen molar-refractivity contribution in [2.24, 2.45) is 0 Å².